The first-order chi connectivity index (χ1) is 6.74. The average Bonchev–Trinajstić information content (AvgIpc) is 2.23. The first-order valence-electron chi connectivity index (χ1n) is 4.35. The Hall–Kier alpha value is -0.800. The molecule has 0 aliphatic rings. The van der Waals surface area contributed by atoms with Crippen molar-refractivity contribution in [1.29, 1.82) is 0 Å². The molecule has 0 fully saturated rings. The third-order valence-corrected chi connectivity index (χ3v) is 2.98. The normalized spacial score (nSPS) is 10.5. The van der Waals surface area contributed by atoms with E-state index in [0.717, 1.165) is 16.0 Å². The van der Waals surface area contributed by atoms with Crippen molar-refractivity contribution < 1.29 is 0 Å². The minimum absolute atomic E-state index is 0.996. The number of hydrogen-bond donors (Lipinski definition) is 3. The number of anilines is 1. The largest absolute Gasteiger partial charge is 0.332 e. The first kappa shape index (κ1) is 9.74. The predicted molar refractivity (Wildman–Crippen MR) is 68.5 cm³/mol. The van der Waals surface area contributed by atoms with E-state index in [4.69, 9.17) is 0 Å². The van der Waals surface area contributed by atoms with E-state index in [2.05, 4.69) is 49.2 Å². The zero-order chi connectivity index (χ0) is 10.1. The molecule has 0 heterocycles. The van der Waals surface area contributed by atoms with E-state index in [0.29, 0.717) is 0 Å². The van der Waals surface area contributed by atoms with E-state index in [-0.39, 0.29) is 0 Å². The van der Waals surface area contributed by atoms with Crippen molar-refractivity contribution in [2.24, 2.45) is 0 Å². The Morgan fingerprint density at radius 3 is 2.64 bits per heavy atom. The topological polar surface area (TPSA) is 12.0 Å². The van der Waals surface area contributed by atoms with Crippen LogP contribution in [0.15, 0.2) is 35.2 Å². The highest BCUT2D eigenvalue weighted by atomic mass is 32.1. The van der Waals surface area contributed by atoms with E-state index in [1.54, 1.807) is 0 Å². The van der Waals surface area contributed by atoms with Crippen LogP contribution in [0, 0.1) is 6.92 Å². The third-order valence-electron chi connectivity index (χ3n) is 2.35. The number of rotatable bonds is 1. The molecule has 0 radical (unpaired) electrons. The van der Waals surface area contributed by atoms with Crippen molar-refractivity contribution in [2.75, 3.05) is 4.72 Å². The summed E-state index contributed by atoms with van der Waals surface area (Å²) < 4.78 is 2.90. The number of hydrogen-bond acceptors (Lipinski definition) is 3. The Morgan fingerprint density at radius 2 is 1.93 bits per heavy atom. The Labute approximate surface area is 94.5 Å². The van der Waals surface area contributed by atoms with Gasteiger partial charge in [-0.25, -0.2) is 0 Å². The van der Waals surface area contributed by atoms with Gasteiger partial charge in [0, 0.05) is 10.3 Å². The van der Waals surface area contributed by atoms with Gasteiger partial charge in [0.25, 0.3) is 0 Å². The second-order valence-electron chi connectivity index (χ2n) is 3.24. The number of fused-ring (bicyclic) bond motifs is 1. The van der Waals surface area contributed by atoms with Gasteiger partial charge in [-0.05, 0) is 30.0 Å². The average molecular weight is 221 g/mol. The zero-order valence-electron chi connectivity index (χ0n) is 7.78. The Balaban J connectivity index is 2.92. The molecule has 0 aliphatic heterocycles. The van der Waals surface area contributed by atoms with Crippen molar-refractivity contribution in [3.05, 3.63) is 35.9 Å². The maximum absolute atomic E-state index is 4.43. The highest BCUT2D eigenvalue weighted by Gasteiger charge is 2.04. The van der Waals surface area contributed by atoms with Gasteiger partial charge in [0.1, 0.15) is 0 Å². The summed E-state index contributed by atoms with van der Waals surface area (Å²) in [7, 11) is 0. The minimum atomic E-state index is 0.996. The van der Waals surface area contributed by atoms with Crippen LogP contribution in [-0.4, -0.2) is 0 Å². The number of thiol groups is 2. The second kappa shape index (κ2) is 3.75. The lowest BCUT2D eigenvalue weighted by Crippen LogP contribution is -1.87. The van der Waals surface area contributed by atoms with Gasteiger partial charge in [0.05, 0.1) is 5.69 Å². The number of benzene rings is 2. The van der Waals surface area contributed by atoms with Gasteiger partial charge in [0.15, 0.2) is 0 Å². The van der Waals surface area contributed by atoms with E-state index in [1.165, 1.54) is 10.9 Å². The molecule has 0 aliphatic carbocycles. The van der Waals surface area contributed by atoms with Gasteiger partial charge in [0.2, 0.25) is 0 Å². The van der Waals surface area contributed by atoms with Gasteiger partial charge in [-0.2, -0.15) is 0 Å². The zero-order valence-corrected chi connectivity index (χ0v) is 9.57. The fourth-order valence-electron chi connectivity index (χ4n) is 1.66. The molecule has 72 valence electrons. The maximum atomic E-state index is 4.43. The smallest absolute Gasteiger partial charge is 0.0520 e. The third kappa shape index (κ3) is 1.47. The van der Waals surface area contributed by atoms with Crippen LogP contribution in [0.25, 0.3) is 10.8 Å². The van der Waals surface area contributed by atoms with Crippen LogP contribution >= 0.6 is 25.4 Å². The Morgan fingerprint density at radius 1 is 1.14 bits per heavy atom. The van der Waals surface area contributed by atoms with E-state index < -0.39 is 0 Å². The van der Waals surface area contributed by atoms with Crippen molar-refractivity contribution in [2.45, 2.75) is 11.8 Å². The molecule has 3 heteroatoms. The van der Waals surface area contributed by atoms with Crippen LogP contribution in [0.5, 0.6) is 0 Å². The predicted octanol–water partition coefficient (Wildman–Crippen LogP) is 3.69. The van der Waals surface area contributed by atoms with Crippen molar-refractivity contribution in [3.8, 4) is 0 Å². The number of nitrogens with one attached hydrogen (secondary N) is 1. The van der Waals surface area contributed by atoms with Crippen LogP contribution in [0.4, 0.5) is 5.69 Å². The quantitative estimate of drug-likeness (QED) is 0.624. The molecule has 0 amide bonds. The molecule has 0 unspecified atom stereocenters. The van der Waals surface area contributed by atoms with Gasteiger partial charge >= 0.3 is 0 Å². The monoisotopic (exact) mass is 221 g/mol. The minimum Gasteiger partial charge on any atom is -0.332 e. The summed E-state index contributed by atoms with van der Waals surface area (Å²) in [4.78, 5) is 0.996. The molecule has 0 spiro atoms. The van der Waals surface area contributed by atoms with Crippen molar-refractivity contribution in [3.63, 3.8) is 0 Å². The van der Waals surface area contributed by atoms with Crippen LogP contribution in [-0.2, 0) is 0 Å². The SMILES string of the molecule is Cc1ccc(S)c2cccc(NS)c12. The van der Waals surface area contributed by atoms with Crippen LogP contribution < -0.4 is 4.72 Å². The molecular weight excluding hydrogens is 210 g/mol. The summed E-state index contributed by atoms with van der Waals surface area (Å²) in [5.74, 6) is 0. The molecule has 0 bridgehead atoms. The summed E-state index contributed by atoms with van der Waals surface area (Å²) in [6.07, 6.45) is 0. The van der Waals surface area contributed by atoms with Crippen molar-refractivity contribution in [1.82, 2.24) is 0 Å². The molecule has 1 N–H and O–H groups in total. The molecule has 2 aromatic carbocycles. The summed E-state index contributed by atoms with van der Waals surface area (Å²) in [6, 6.07) is 10.2. The van der Waals surface area contributed by atoms with E-state index in [9.17, 15) is 0 Å². The second-order valence-corrected chi connectivity index (χ2v) is 3.95. The fraction of sp³-hybridized carbons (Fsp3) is 0.0909. The molecule has 1 nitrogen and oxygen atoms in total. The van der Waals surface area contributed by atoms with Crippen LogP contribution in [0.2, 0.25) is 0 Å². The highest BCUT2D eigenvalue weighted by molar-refractivity contribution is 7.81. The van der Waals surface area contributed by atoms with E-state index >= 15 is 0 Å². The first-order valence-corrected chi connectivity index (χ1v) is 5.25. The lowest BCUT2D eigenvalue weighted by Gasteiger charge is -2.09. The summed E-state index contributed by atoms with van der Waals surface area (Å²) in [5, 5.41) is 2.35. The van der Waals surface area contributed by atoms with Gasteiger partial charge in [-0.3, -0.25) is 0 Å². The lowest BCUT2D eigenvalue weighted by atomic mass is 10.0. The molecule has 0 atom stereocenters. The molecule has 0 saturated carbocycles. The molecular formula is C11H11NS2. The lowest BCUT2D eigenvalue weighted by molar-refractivity contribution is 1.46. The van der Waals surface area contributed by atoms with Gasteiger partial charge < -0.3 is 4.72 Å². The van der Waals surface area contributed by atoms with Crippen LogP contribution in [0.3, 0.4) is 0 Å². The van der Waals surface area contributed by atoms with Crippen LogP contribution in [0.1, 0.15) is 5.56 Å². The molecule has 0 saturated heterocycles. The standard InChI is InChI=1S/C11H11NS2/c1-7-5-6-10(13)8-3-2-4-9(12-14)11(7)8/h2-6,12-14H,1H3. The Kier molecular flexibility index (Phi) is 2.61. The van der Waals surface area contributed by atoms with Gasteiger partial charge in [-0.15, -0.1) is 12.6 Å². The molecule has 14 heavy (non-hydrogen) atoms. The summed E-state index contributed by atoms with van der Waals surface area (Å²) >= 11 is 8.52. The fourth-order valence-corrected chi connectivity index (χ4v) is 2.11. The molecule has 2 rings (SSSR count). The van der Waals surface area contributed by atoms with Gasteiger partial charge in [-0.1, -0.05) is 31.0 Å². The molecule has 2 aromatic rings. The van der Waals surface area contributed by atoms with E-state index in [1.807, 2.05) is 18.2 Å². The number of aryl methyl sites for hydroxylation is 1. The summed E-state index contributed by atoms with van der Waals surface area (Å²) in [5.41, 5.74) is 2.26. The Bertz CT molecular complexity index is 480. The molecule has 0 aromatic heterocycles. The highest BCUT2D eigenvalue weighted by Crippen LogP contribution is 2.31. The summed E-state index contributed by atoms with van der Waals surface area (Å²) in [6.45, 7) is 2.09. The van der Waals surface area contributed by atoms with Crippen molar-refractivity contribution >= 4 is 41.9 Å². The maximum Gasteiger partial charge on any atom is 0.0520 e.